The second-order valence-electron chi connectivity index (χ2n) is 4.20. The van der Waals surface area contributed by atoms with E-state index in [1.165, 1.54) is 18.1 Å². The van der Waals surface area contributed by atoms with Crippen molar-refractivity contribution in [1.29, 1.82) is 0 Å². The number of nitrogens with two attached hydrogens (primary N) is 1. The van der Waals surface area contributed by atoms with Crippen LogP contribution < -0.4 is 11.4 Å². The summed E-state index contributed by atoms with van der Waals surface area (Å²) in [6, 6.07) is 0.276. The summed E-state index contributed by atoms with van der Waals surface area (Å²) in [5, 5.41) is 7.86. The number of nitrogens with zero attached hydrogens (tertiary/aromatic N) is 4. The Balaban J connectivity index is 1.97. The number of hydrogen-bond acceptors (Lipinski definition) is 6. The van der Waals surface area contributed by atoms with E-state index in [-0.39, 0.29) is 11.7 Å². The van der Waals surface area contributed by atoms with Crippen LogP contribution in [0.5, 0.6) is 0 Å². The summed E-state index contributed by atoms with van der Waals surface area (Å²) in [6.07, 6.45) is 3.46. The summed E-state index contributed by atoms with van der Waals surface area (Å²) < 4.78 is 1.68. The first-order chi connectivity index (χ1) is 8.66. The number of anilines is 1. The molecular weight excluding hydrogens is 252 g/mol. The van der Waals surface area contributed by atoms with Crippen molar-refractivity contribution >= 4 is 17.6 Å². The van der Waals surface area contributed by atoms with Crippen LogP contribution in [0.25, 0.3) is 0 Å². The Labute approximate surface area is 107 Å². The molecule has 2 aromatic heterocycles. The summed E-state index contributed by atoms with van der Waals surface area (Å²) in [5.41, 5.74) is 6.37. The molecule has 0 spiro atoms. The fraction of sp³-hybridized carbons (Fsp3) is 0.400. The molecule has 0 unspecified atom stereocenters. The zero-order chi connectivity index (χ0) is 12.7. The van der Waals surface area contributed by atoms with E-state index in [0.717, 1.165) is 23.4 Å². The van der Waals surface area contributed by atoms with Crippen molar-refractivity contribution in [3.8, 4) is 0 Å². The lowest BCUT2D eigenvalue weighted by Gasteiger charge is -2.06. The van der Waals surface area contributed by atoms with Crippen LogP contribution in [0.1, 0.15) is 24.4 Å². The van der Waals surface area contributed by atoms with Gasteiger partial charge >= 0.3 is 5.69 Å². The Kier molecular flexibility index (Phi) is 2.58. The molecule has 2 aromatic rings. The van der Waals surface area contributed by atoms with Crippen LogP contribution >= 0.6 is 11.8 Å². The average Bonchev–Trinajstić information content (AvgIpc) is 3.11. The maximum atomic E-state index is 11.6. The molecule has 0 amide bonds. The molecule has 0 bridgehead atoms. The Morgan fingerprint density at radius 2 is 2.28 bits per heavy atom. The van der Waals surface area contributed by atoms with Gasteiger partial charge in [0.05, 0.1) is 0 Å². The van der Waals surface area contributed by atoms with Crippen LogP contribution in [0, 0.1) is 6.92 Å². The first-order valence-corrected chi connectivity index (χ1v) is 6.40. The van der Waals surface area contributed by atoms with Crippen molar-refractivity contribution in [1.82, 2.24) is 24.7 Å². The summed E-state index contributed by atoms with van der Waals surface area (Å²) in [4.78, 5) is 19.7. The van der Waals surface area contributed by atoms with Gasteiger partial charge in [-0.25, -0.2) is 19.9 Å². The van der Waals surface area contributed by atoms with E-state index in [1.807, 2.05) is 6.92 Å². The first kappa shape index (κ1) is 11.3. The van der Waals surface area contributed by atoms with Gasteiger partial charge in [-0.3, -0.25) is 4.57 Å². The molecule has 0 saturated heterocycles. The quantitative estimate of drug-likeness (QED) is 0.792. The fourth-order valence-electron chi connectivity index (χ4n) is 1.65. The van der Waals surface area contributed by atoms with Crippen molar-refractivity contribution in [3.63, 3.8) is 0 Å². The minimum atomic E-state index is -0.167. The number of nitrogen functional groups attached to an aromatic ring is 1. The van der Waals surface area contributed by atoms with Crippen LogP contribution in [-0.2, 0) is 0 Å². The SMILES string of the molecule is Cc1c(N)ncnc1Sc1n[nH]c(=O)n1C1CC1. The van der Waals surface area contributed by atoms with Crippen molar-refractivity contribution < 1.29 is 0 Å². The second kappa shape index (κ2) is 4.13. The molecule has 3 rings (SSSR count). The van der Waals surface area contributed by atoms with Gasteiger partial charge in [0.1, 0.15) is 17.2 Å². The number of rotatable bonds is 3. The molecule has 0 atom stereocenters. The average molecular weight is 264 g/mol. The van der Waals surface area contributed by atoms with Crippen LogP contribution in [0.2, 0.25) is 0 Å². The third kappa shape index (κ3) is 1.88. The van der Waals surface area contributed by atoms with E-state index >= 15 is 0 Å². The van der Waals surface area contributed by atoms with Crippen molar-refractivity contribution in [2.45, 2.75) is 36.0 Å². The lowest BCUT2D eigenvalue weighted by Crippen LogP contribution is -2.16. The minimum Gasteiger partial charge on any atom is -0.383 e. The van der Waals surface area contributed by atoms with Gasteiger partial charge in [-0.1, -0.05) is 0 Å². The highest BCUT2D eigenvalue weighted by Gasteiger charge is 2.29. The first-order valence-electron chi connectivity index (χ1n) is 5.58. The lowest BCUT2D eigenvalue weighted by atomic mass is 10.4. The zero-order valence-corrected chi connectivity index (χ0v) is 10.6. The summed E-state index contributed by atoms with van der Waals surface area (Å²) in [5.74, 6) is 0.448. The molecule has 2 heterocycles. The number of aromatic amines is 1. The van der Waals surface area contributed by atoms with Gasteiger partial charge in [0, 0.05) is 11.6 Å². The molecule has 3 N–H and O–H groups in total. The normalized spacial score (nSPS) is 14.9. The Hall–Kier alpha value is -1.83. The van der Waals surface area contributed by atoms with Gasteiger partial charge in [-0.15, -0.1) is 5.10 Å². The molecule has 0 radical (unpaired) electrons. The number of H-pyrrole nitrogens is 1. The smallest absolute Gasteiger partial charge is 0.344 e. The number of nitrogens with one attached hydrogen (secondary N) is 1. The summed E-state index contributed by atoms with van der Waals surface area (Å²) in [7, 11) is 0. The zero-order valence-electron chi connectivity index (χ0n) is 9.75. The fourth-order valence-corrected chi connectivity index (χ4v) is 2.61. The van der Waals surface area contributed by atoms with Crippen molar-refractivity contribution in [2.24, 2.45) is 0 Å². The molecule has 0 aromatic carbocycles. The molecule has 18 heavy (non-hydrogen) atoms. The number of aromatic nitrogens is 5. The maximum Gasteiger partial charge on any atom is 0.344 e. The van der Waals surface area contributed by atoms with Crippen LogP contribution in [0.3, 0.4) is 0 Å². The lowest BCUT2D eigenvalue weighted by molar-refractivity contribution is 0.642. The van der Waals surface area contributed by atoms with Crippen LogP contribution in [0.4, 0.5) is 5.82 Å². The van der Waals surface area contributed by atoms with E-state index in [1.54, 1.807) is 4.57 Å². The van der Waals surface area contributed by atoms with E-state index in [0.29, 0.717) is 11.0 Å². The second-order valence-corrected chi connectivity index (χ2v) is 5.16. The van der Waals surface area contributed by atoms with Gasteiger partial charge in [-0.2, -0.15) is 0 Å². The topological polar surface area (TPSA) is 102 Å². The third-order valence-corrected chi connectivity index (χ3v) is 3.92. The predicted molar refractivity (Wildman–Crippen MR) is 66.4 cm³/mol. The van der Waals surface area contributed by atoms with Gasteiger partial charge in [0.25, 0.3) is 0 Å². The third-order valence-electron chi connectivity index (χ3n) is 2.85. The van der Waals surface area contributed by atoms with Crippen molar-refractivity contribution in [3.05, 3.63) is 22.4 Å². The van der Waals surface area contributed by atoms with Gasteiger partial charge in [0.2, 0.25) is 0 Å². The van der Waals surface area contributed by atoms with E-state index in [4.69, 9.17) is 5.73 Å². The molecule has 94 valence electrons. The predicted octanol–water partition coefficient (Wildman–Crippen LogP) is 0.738. The summed E-state index contributed by atoms with van der Waals surface area (Å²) in [6.45, 7) is 1.85. The Morgan fingerprint density at radius 3 is 3.00 bits per heavy atom. The molecule has 1 saturated carbocycles. The van der Waals surface area contributed by atoms with Crippen LogP contribution in [-0.4, -0.2) is 24.7 Å². The highest BCUT2D eigenvalue weighted by Crippen LogP contribution is 2.37. The van der Waals surface area contributed by atoms with E-state index in [2.05, 4.69) is 20.2 Å². The molecular formula is C10H12N6OS. The molecule has 1 aliphatic rings. The Morgan fingerprint density at radius 1 is 1.50 bits per heavy atom. The van der Waals surface area contributed by atoms with Gasteiger partial charge in [-0.05, 0) is 31.5 Å². The molecule has 1 fully saturated rings. The summed E-state index contributed by atoms with van der Waals surface area (Å²) >= 11 is 1.33. The molecule has 1 aliphatic carbocycles. The van der Waals surface area contributed by atoms with Crippen molar-refractivity contribution in [2.75, 3.05) is 5.73 Å². The highest BCUT2D eigenvalue weighted by molar-refractivity contribution is 7.99. The Bertz CT molecular complexity index is 644. The standard InChI is InChI=1S/C10H12N6OS/c1-5-7(11)12-4-13-8(5)18-10-15-14-9(17)16(10)6-2-3-6/h4,6H,2-3H2,1H3,(H,14,17)(H2,11,12,13). The maximum absolute atomic E-state index is 11.6. The van der Waals surface area contributed by atoms with Gasteiger partial charge < -0.3 is 5.73 Å². The highest BCUT2D eigenvalue weighted by atomic mass is 32.2. The largest absolute Gasteiger partial charge is 0.383 e. The minimum absolute atomic E-state index is 0.167. The van der Waals surface area contributed by atoms with E-state index < -0.39 is 0 Å². The molecule has 8 heteroatoms. The van der Waals surface area contributed by atoms with E-state index in [9.17, 15) is 4.79 Å². The van der Waals surface area contributed by atoms with Crippen LogP contribution in [0.15, 0.2) is 21.3 Å². The molecule has 0 aliphatic heterocycles. The number of hydrogen-bond donors (Lipinski definition) is 2. The molecule has 7 nitrogen and oxygen atoms in total. The van der Waals surface area contributed by atoms with Gasteiger partial charge in [0.15, 0.2) is 5.16 Å². The monoisotopic (exact) mass is 264 g/mol.